The number of ether oxygens (including phenoxy) is 2. The van der Waals surface area contributed by atoms with Crippen molar-refractivity contribution in [1.29, 1.82) is 0 Å². The van der Waals surface area contributed by atoms with E-state index in [4.69, 9.17) is 14.6 Å². The molecule has 2 N–H and O–H groups in total. The van der Waals surface area contributed by atoms with Crippen LogP contribution in [-0.2, 0) is 17.9 Å². The van der Waals surface area contributed by atoms with E-state index in [2.05, 4.69) is 10.3 Å². The van der Waals surface area contributed by atoms with Crippen molar-refractivity contribution in [3.05, 3.63) is 83.6 Å². The molecule has 6 heteroatoms. The van der Waals surface area contributed by atoms with Gasteiger partial charge in [0.2, 0.25) is 0 Å². The zero-order valence-corrected chi connectivity index (χ0v) is 16.3. The third kappa shape index (κ3) is 5.88. The third-order valence-electron chi connectivity index (χ3n) is 4.38. The Morgan fingerprint density at radius 2 is 1.76 bits per heavy atom. The molecule has 0 saturated carbocycles. The highest BCUT2D eigenvalue weighted by molar-refractivity contribution is 5.90. The topological polar surface area (TPSA) is 80.7 Å². The molecule has 0 saturated heterocycles. The minimum Gasteiger partial charge on any atom is -0.489 e. The smallest absolute Gasteiger partial charge is 0.337 e. The molecular formula is C23H24N2O4. The molecule has 3 aromatic rings. The first-order valence-electron chi connectivity index (χ1n) is 9.36. The van der Waals surface area contributed by atoms with Gasteiger partial charge in [0.25, 0.3) is 0 Å². The number of aliphatic hydroxyl groups excluding tert-OH is 1. The van der Waals surface area contributed by atoms with Gasteiger partial charge in [0.05, 0.1) is 25.0 Å². The summed E-state index contributed by atoms with van der Waals surface area (Å²) >= 11 is 0. The van der Waals surface area contributed by atoms with Crippen LogP contribution in [0, 0.1) is 0 Å². The SMILES string of the molecule is COC(=O)c1ccnc(-c2ccc(OCc3ccc(CNCCO)cc3)cc2)c1. The van der Waals surface area contributed by atoms with E-state index in [1.165, 1.54) is 7.11 Å². The molecular weight excluding hydrogens is 368 g/mol. The summed E-state index contributed by atoms with van der Waals surface area (Å²) in [6.45, 7) is 1.93. The van der Waals surface area contributed by atoms with Crippen molar-refractivity contribution >= 4 is 5.97 Å². The Kier molecular flexibility index (Phi) is 7.33. The Hall–Kier alpha value is -3.22. The molecule has 0 aliphatic rings. The van der Waals surface area contributed by atoms with Gasteiger partial charge in [-0.2, -0.15) is 0 Å². The van der Waals surface area contributed by atoms with E-state index in [0.717, 1.165) is 29.0 Å². The Morgan fingerprint density at radius 1 is 1.03 bits per heavy atom. The highest BCUT2D eigenvalue weighted by atomic mass is 16.5. The zero-order chi connectivity index (χ0) is 20.5. The maximum absolute atomic E-state index is 11.7. The number of carbonyl (C=O) groups is 1. The van der Waals surface area contributed by atoms with Crippen molar-refractivity contribution in [2.75, 3.05) is 20.3 Å². The fourth-order valence-electron chi connectivity index (χ4n) is 2.79. The molecule has 0 bridgehead atoms. The van der Waals surface area contributed by atoms with Crippen LogP contribution < -0.4 is 10.1 Å². The summed E-state index contributed by atoms with van der Waals surface area (Å²) in [5, 5.41) is 11.9. The lowest BCUT2D eigenvalue weighted by atomic mass is 10.1. The van der Waals surface area contributed by atoms with Gasteiger partial charge in [-0.1, -0.05) is 24.3 Å². The molecule has 150 valence electrons. The molecule has 0 aliphatic carbocycles. The number of benzene rings is 2. The molecule has 1 aromatic heterocycles. The molecule has 0 radical (unpaired) electrons. The predicted molar refractivity (Wildman–Crippen MR) is 111 cm³/mol. The monoisotopic (exact) mass is 392 g/mol. The van der Waals surface area contributed by atoms with Gasteiger partial charge >= 0.3 is 5.97 Å². The van der Waals surface area contributed by atoms with E-state index in [1.807, 2.05) is 48.5 Å². The van der Waals surface area contributed by atoms with Crippen LogP contribution in [0.5, 0.6) is 5.75 Å². The van der Waals surface area contributed by atoms with Gasteiger partial charge in [-0.15, -0.1) is 0 Å². The second kappa shape index (κ2) is 10.4. The van der Waals surface area contributed by atoms with Crippen molar-refractivity contribution in [1.82, 2.24) is 10.3 Å². The zero-order valence-electron chi connectivity index (χ0n) is 16.3. The number of aliphatic hydroxyl groups is 1. The second-order valence-corrected chi connectivity index (χ2v) is 6.45. The first-order valence-corrected chi connectivity index (χ1v) is 9.36. The van der Waals surface area contributed by atoms with E-state index >= 15 is 0 Å². The minimum atomic E-state index is -0.385. The molecule has 0 atom stereocenters. The highest BCUT2D eigenvalue weighted by Gasteiger charge is 2.08. The Morgan fingerprint density at radius 3 is 2.45 bits per heavy atom. The molecule has 0 unspecified atom stereocenters. The summed E-state index contributed by atoms with van der Waals surface area (Å²) in [6.07, 6.45) is 1.59. The standard InChI is InChI=1S/C23H24N2O4/c1-28-23(27)20-10-11-25-22(14-20)19-6-8-21(9-7-19)29-16-18-4-2-17(3-5-18)15-24-12-13-26/h2-11,14,24,26H,12-13,15-16H2,1H3. The first-order chi connectivity index (χ1) is 14.2. The summed E-state index contributed by atoms with van der Waals surface area (Å²) in [5.41, 5.74) is 4.29. The van der Waals surface area contributed by atoms with Crippen LogP contribution in [0.15, 0.2) is 66.9 Å². The lowest BCUT2D eigenvalue weighted by Gasteiger charge is -2.09. The van der Waals surface area contributed by atoms with Crippen LogP contribution in [-0.4, -0.2) is 36.3 Å². The number of hydrogen-bond donors (Lipinski definition) is 2. The summed E-state index contributed by atoms with van der Waals surface area (Å²) in [4.78, 5) is 16.0. The average Bonchev–Trinajstić information content (AvgIpc) is 2.78. The lowest BCUT2D eigenvalue weighted by molar-refractivity contribution is 0.0600. The summed E-state index contributed by atoms with van der Waals surface area (Å²) in [6, 6.07) is 19.1. The number of nitrogens with zero attached hydrogens (tertiary/aromatic N) is 1. The molecule has 0 spiro atoms. The van der Waals surface area contributed by atoms with Crippen molar-refractivity contribution in [2.24, 2.45) is 0 Å². The average molecular weight is 392 g/mol. The summed E-state index contributed by atoms with van der Waals surface area (Å²) < 4.78 is 10.6. The summed E-state index contributed by atoms with van der Waals surface area (Å²) in [7, 11) is 1.36. The normalized spacial score (nSPS) is 10.6. The van der Waals surface area contributed by atoms with Crippen LogP contribution in [0.2, 0.25) is 0 Å². The van der Waals surface area contributed by atoms with Gasteiger partial charge < -0.3 is 19.9 Å². The fourth-order valence-corrected chi connectivity index (χ4v) is 2.79. The first kappa shape index (κ1) is 20.5. The Balaban J connectivity index is 1.58. The highest BCUT2D eigenvalue weighted by Crippen LogP contribution is 2.22. The number of nitrogens with one attached hydrogen (secondary N) is 1. The van der Waals surface area contributed by atoms with Gasteiger partial charge in [-0.25, -0.2) is 4.79 Å². The van der Waals surface area contributed by atoms with Crippen molar-refractivity contribution < 1.29 is 19.4 Å². The quantitative estimate of drug-likeness (QED) is 0.430. The molecule has 3 rings (SSSR count). The molecule has 29 heavy (non-hydrogen) atoms. The van der Waals surface area contributed by atoms with Crippen LogP contribution in [0.1, 0.15) is 21.5 Å². The minimum absolute atomic E-state index is 0.136. The number of methoxy groups -OCH3 is 1. The van der Waals surface area contributed by atoms with Gasteiger partial charge in [0.1, 0.15) is 12.4 Å². The predicted octanol–water partition coefficient (Wildman–Crippen LogP) is 3.20. The molecule has 0 aliphatic heterocycles. The van der Waals surface area contributed by atoms with Gasteiger partial charge in [0, 0.05) is 24.8 Å². The molecule has 0 amide bonds. The van der Waals surface area contributed by atoms with E-state index < -0.39 is 0 Å². The Labute approximate surface area is 170 Å². The van der Waals surface area contributed by atoms with E-state index in [-0.39, 0.29) is 12.6 Å². The largest absolute Gasteiger partial charge is 0.489 e. The molecule has 0 fully saturated rings. The number of pyridine rings is 1. The number of hydrogen-bond acceptors (Lipinski definition) is 6. The van der Waals surface area contributed by atoms with E-state index in [9.17, 15) is 4.79 Å². The van der Waals surface area contributed by atoms with Crippen molar-refractivity contribution in [3.63, 3.8) is 0 Å². The molecule has 2 aromatic carbocycles. The van der Waals surface area contributed by atoms with Gasteiger partial charge in [-0.05, 0) is 47.5 Å². The van der Waals surface area contributed by atoms with Gasteiger partial charge in [0.15, 0.2) is 0 Å². The van der Waals surface area contributed by atoms with Crippen LogP contribution in [0.3, 0.4) is 0 Å². The van der Waals surface area contributed by atoms with Crippen LogP contribution >= 0.6 is 0 Å². The maximum atomic E-state index is 11.7. The van der Waals surface area contributed by atoms with E-state index in [1.54, 1.807) is 18.3 Å². The number of aromatic nitrogens is 1. The van der Waals surface area contributed by atoms with Crippen molar-refractivity contribution in [3.8, 4) is 17.0 Å². The number of carbonyl (C=O) groups excluding carboxylic acids is 1. The summed E-state index contributed by atoms with van der Waals surface area (Å²) in [5.74, 6) is 0.371. The van der Waals surface area contributed by atoms with Crippen LogP contribution in [0.4, 0.5) is 0 Å². The number of esters is 1. The van der Waals surface area contributed by atoms with E-state index in [0.29, 0.717) is 24.4 Å². The molecule has 6 nitrogen and oxygen atoms in total. The second-order valence-electron chi connectivity index (χ2n) is 6.45. The number of rotatable bonds is 9. The maximum Gasteiger partial charge on any atom is 0.337 e. The fraction of sp³-hybridized carbons (Fsp3) is 0.217. The Bertz CT molecular complexity index is 924. The lowest BCUT2D eigenvalue weighted by Crippen LogP contribution is -2.17. The third-order valence-corrected chi connectivity index (χ3v) is 4.38. The molecule has 1 heterocycles. The van der Waals surface area contributed by atoms with Gasteiger partial charge in [-0.3, -0.25) is 4.98 Å². The van der Waals surface area contributed by atoms with Crippen LogP contribution in [0.25, 0.3) is 11.3 Å². The van der Waals surface area contributed by atoms with Crippen molar-refractivity contribution in [2.45, 2.75) is 13.2 Å².